The minimum atomic E-state index is -0.470. The molecule has 6 nitrogen and oxygen atoms in total. The summed E-state index contributed by atoms with van der Waals surface area (Å²) in [5, 5.41) is 11.3. The van der Waals surface area contributed by atoms with Gasteiger partial charge in [-0.1, -0.05) is 12.1 Å². The number of aryl methyl sites for hydroxylation is 2. The fourth-order valence-electron chi connectivity index (χ4n) is 2.92. The predicted octanol–water partition coefficient (Wildman–Crippen LogP) is 3.52. The molecule has 0 atom stereocenters. The van der Waals surface area contributed by atoms with Crippen molar-refractivity contribution in [2.45, 2.75) is 19.3 Å². The molecular weight excluding hydrogens is 282 g/mol. The highest BCUT2D eigenvalue weighted by atomic mass is 16.6. The molecule has 0 saturated heterocycles. The van der Waals surface area contributed by atoms with Crippen molar-refractivity contribution in [2.75, 3.05) is 0 Å². The second kappa shape index (κ2) is 4.84. The molecule has 0 unspecified atom stereocenters. The van der Waals surface area contributed by atoms with Crippen LogP contribution in [0.15, 0.2) is 42.6 Å². The Bertz CT molecular complexity index is 885. The van der Waals surface area contributed by atoms with Crippen LogP contribution in [0.4, 0.5) is 5.82 Å². The van der Waals surface area contributed by atoms with Gasteiger partial charge in [0.2, 0.25) is 5.65 Å². The summed E-state index contributed by atoms with van der Waals surface area (Å²) in [6.45, 7) is 0. The Morgan fingerprint density at radius 3 is 2.91 bits per heavy atom. The molecule has 0 fully saturated rings. The lowest BCUT2D eigenvalue weighted by atomic mass is 10.1. The lowest BCUT2D eigenvalue weighted by Crippen LogP contribution is -1.96. The third-order valence-corrected chi connectivity index (χ3v) is 3.93. The first kappa shape index (κ1) is 12.8. The molecule has 0 bridgehead atoms. The fraction of sp³-hybridized carbons (Fsp3) is 0.188. The van der Waals surface area contributed by atoms with Crippen molar-refractivity contribution in [2.24, 2.45) is 0 Å². The summed E-state index contributed by atoms with van der Waals surface area (Å²) >= 11 is 0. The highest BCUT2D eigenvalue weighted by molar-refractivity contribution is 5.53. The van der Waals surface area contributed by atoms with Crippen molar-refractivity contribution < 1.29 is 9.66 Å². The van der Waals surface area contributed by atoms with Crippen LogP contribution in [0.2, 0.25) is 0 Å². The molecule has 3 aromatic rings. The molecule has 1 aliphatic carbocycles. The molecule has 1 aliphatic rings. The number of nitro groups is 1. The molecule has 1 aromatic carbocycles. The first-order valence-electron chi connectivity index (χ1n) is 7.13. The topological polar surface area (TPSA) is 69.7 Å². The van der Waals surface area contributed by atoms with E-state index in [1.165, 1.54) is 15.5 Å². The summed E-state index contributed by atoms with van der Waals surface area (Å²) < 4.78 is 7.13. The van der Waals surface area contributed by atoms with E-state index in [0.717, 1.165) is 19.3 Å². The summed E-state index contributed by atoms with van der Waals surface area (Å²) in [6, 6.07) is 11.0. The Balaban J connectivity index is 1.78. The molecule has 0 spiro atoms. The van der Waals surface area contributed by atoms with E-state index in [1.807, 2.05) is 18.2 Å². The largest absolute Gasteiger partial charge is 0.433 e. The molecule has 22 heavy (non-hydrogen) atoms. The molecule has 6 heteroatoms. The van der Waals surface area contributed by atoms with Crippen LogP contribution in [0.25, 0.3) is 5.65 Å². The third-order valence-electron chi connectivity index (χ3n) is 3.93. The number of imidazole rings is 1. The lowest BCUT2D eigenvalue weighted by Gasteiger charge is -2.05. The standard InChI is InChI=1S/C16H13N3O3/c20-19(21)16-15(17-14-6-1-2-9-18(14)16)22-13-8-7-11-4-3-5-12(11)10-13/h1-2,6-10H,3-5H2. The number of hydrogen-bond acceptors (Lipinski definition) is 4. The SMILES string of the molecule is O=[N+]([O-])c1c(Oc2ccc3c(c2)CCC3)nc2ccccn12. The van der Waals surface area contributed by atoms with Crippen molar-refractivity contribution in [3.63, 3.8) is 0 Å². The lowest BCUT2D eigenvalue weighted by molar-refractivity contribution is -0.391. The molecular formula is C16H13N3O3. The minimum Gasteiger partial charge on any atom is -0.433 e. The second-order valence-electron chi connectivity index (χ2n) is 5.31. The van der Waals surface area contributed by atoms with Gasteiger partial charge in [0, 0.05) is 6.07 Å². The van der Waals surface area contributed by atoms with E-state index < -0.39 is 4.92 Å². The first-order chi connectivity index (χ1) is 10.7. The molecule has 0 radical (unpaired) electrons. The maximum Gasteiger partial charge on any atom is 0.392 e. The number of hydrogen-bond donors (Lipinski definition) is 0. The van der Waals surface area contributed by atoms with Crippen LogP contribution in [0, 0.1) is 10.1 Å². The van der Waals surface area contributed by atoms with Gasteiger partial charge in [-0.25, -0.2) is 0 Å². The molecule has 0 N–H and O–H groups in total. The Morgan fingerprint density at radius 2 is 2.05 bits per heavy atom. The van der Waals surface area contributed by atoms with E-state index in [1.54, 1.807) is 24.4 Å². The van der Waals surface area contributed by atoms with Gasteiger partial charge < -0.3 is 14.9 Å². The van der Waals surface area contributed by atoms with Crippen molar-refractivity contribution in [3.8, 4) is 11.6 Å². The molecule has 2 aromatic heterocycles. The van der Waals surface area contributed by atoms with Gasteiger partial charge in [-0.15, -0.1) is 0 Å². The number of fused-ring (bicyclic) bond motifs is 2. The summed E-state index contributed by atoms with van der Waals surface area (Å²) in [5.41, 5.74) is 3.08. The number of aromatic nitrogens is 2. The Labute approximate surface area is 126 Å². The molecule has 4 rings (SSSR count). The predicted molar refractivity (Wildman–Crippen MR) is 80.4 cm³/mol. The van der Waals surface area contributed by atoms with E-state index in [4.69, 9.17) is 4.74 Å². The summed E-state index contributed by atoms with van der Waals surface area (Å²) in [7, 11) is 0. The highest BCUT2D eigenvalue weighted by Gasteiger charge is 2.24. The number of pyridine rings is 1. The number of ether oxygens (including phenoxy) is 1. The van der Waals surface area contributed by atoms with Crippen LogP contribution in [0.5, 0.6) is 11.6 Å². The summed E-state index contributed by atoms with van der Waals surface area (Å²) in [5.74, 6) is 0.456. The Hall–Kier alpha value is -2.89. The molecule has 0 amide bonds. The Kier molecular flexibility index (Phi) is 2.82. The monoisotopic (exact) mass is 295 g/mol. The van der Waals surface area contributed by atoms with Crippen molar-refractivity contribution in [1.29, 1.82) is 0 Å². The molecule has 0 aliphatic heterocycles. The number of benzene rings is 1. The van der Waals surface area contributed by atoms with Crippen molar-refractivity contribution in [3.05, 3.63) is 63.8 Å². The van der Waals surface area contributed by atoms with E-state index in [2.05, 4.69) is 4.98 Å². The van der Waals surface area contributed by atoms with Gasteiger partial charge in [0.1, 0.15) is 5.75 Å². The van der Waals surface area contributed by atoms with E-state index in [-0.39, 0.29) is 11.7 Å². The van der Waals surface area contributed by atoms with Gasteiger partial charge in [-0.05, 0) is 53.5 Å². The zero-order chi connectivity index (χ0) is 15.1. The van der Waals surface area contributed by atoms with Crippen LogP contribution >= 0.6 is 0 Å². The van der Waals surface area contributed by atoms with Gasteiger partial charge in [-0.3, -0.25) is 0 Å². The van der Waals surface area contributed by atoms with Crippen molar-refractivity contribution >= 4 is 11.5 Å². The third kappa shape index (κ3) is 2.00. The van der Waals surface area contributed by atoms with E-state index >= 15 is 0 Å². The zero-order valence-electron chi connectivity index (χ0n) is 11.7. The van der Waals surface area contributed by atoms with Crippen LogP contribution < -0.4 is 4.74 Å². The van der Waals surface area contributed by atoms with Crippen LogP contribution in [-0.4, -0.2) is 14.3 Å². The maximum atomic E-state index is 11.3. The number of nitrogens with zero attached hydrogens (tertiary/aromatic N) is 3. The molecule has 110 valence electrons. The smallest absolute Gasteiger partial charge is 0.392 e. The highest BCUT2D eigenvalue weighted by Crippen LogP contribution is 2.33. The minimum absolute atomic E-state index is 0.0224. The van der Waals surface area contributed by atoms with Crippen LogP contribution in [0.3, 0.4) is 0 Å². The quantitative estimate of drug-likeness (QED) is 0.547. The van der Waals surface area contributed by atoms with Gasteiger partial charge in [0.25, 0.3) is 0 Å². The maximum absolute atomic E-state index is 11.3. The van der Waals surface area contributed by atoms with Crippen molar-refractivity contribution in [1.82, 2.24) is 9.38 Å². The van der Waals surface area contributed by atoms with E-state index in [0.29, 0.717) is 11.4 Å². The molecule has 0 saturated carbocycles. The normalized spacial score (nSPS) is 13.3. The van der Waals surface area contributed by atoms with E-state index in [9.17, 15) is 10.1 Å². The zero-order valence-corrected chi connectivity index (χ0v) is 11.7. The van der Waals surface area contributed by atoms with Gasteiger partial charge in [0.05, 0.1) is 6.20 Å². The second-order valence-corrected chi connectivity index (χ2v) is 5.31. The van der Waals surface area contributed by atoms with Gasteiger partial charge in [0.15, 0.2) is 0 Å². The summed E-state index contributed by atoms with van der Waals surface area (Å²) in [4.78, 5) is 15.1. The Morgan fingerprint density at radius 1 is 1.18 bits per heavy atom. The van der Waals surface area contributed by atoms with Gasteiger partial charge >= 0.3 is 11.7 Å². The number of rotatable bonds is 3. The molecule has 2 heterocycles. The first-order valence-corrected chi connectivity index (χ1v) is 7.13. The van der Waals surface area contributed by atoms with Gasteiger partial charge in [-0.2, -0.15) is 9.38 Å². The summed E-state index contributed by atoms with van der Waals surface area (Å²) in [6.07, 6.45) is 4.87. The average Bonchev–Trinajstić information content (AvgIpc) is 3.09. The average molecular weight is 295 g/mol. The fourth-order valence-corrected chi connectivity index (χ4v) is 2.92. The van der Waals surface area contributed by atoms with Crippen LogP contribution in [0.1, 0.15) is 17.5 Å². The van der Waals surface area contributed by atoms with Crippen LogP contribution in [-0.2, 0) is 12.8 Å².